The fourth-order valence-corrected chi connectivity index (χ4v) is 0.175. The van der Waals surface area contributed by atoms with E-state index >= 15 is 0 Å². The quantitative estimate of drug-likeness (QED) is 0.310. The van der Waals surface area contributed by atoms with Crippen molar-refractivity contribution in [2.24, 2.45) is 0 Å². The monoisotopic (exact) mass is 86.0 g/mol. The van der Waals surface area contributed by atoms with Crippen LogP contribution in [-0.2, 0) is 0 Å². The Morgan fingerprint density at radius 1 is 1.83 bits per heavy atom. The summed E-state index contributed by atoms with van der Waals surface area (Å²) in [6.07, 6.45) is 1.99. The Kier molecular flexibility index (Phi) is 0.506. The summed E-state index contributed by atoms with van der Waals surface area (Å²) < 4.78 is 4.59. The first-order valence-electron chi connectivity index (χ1n) is 1.38. The summed E-state index contributed by atoms with van der Waals surface area (Å²) in [5.74, 6) is 0. The van der Waals surface area contributed by atoms with E-state index in [1.807, 2.05) is 0 Å². The van der Waals surface area contributed by atoms with E-state index < -0.39 is 0 Å². The van der Waals surface area contributed by atoms with Crippen molar-refractivity contribution in [3.63, 3.8) is 0 Å². The molecule has 0 spiro atoms. The molecule has 4 nitrogen and oxygen atoms in total. The van der Waals surface area contributed by atoms with E-state index in [1.54, 1.807) is 0 Å². The zero-order valence-corrected chi connectivity index (χ0v) is 2.87. The van der Waals surface area contributed by atoms with Gasteiger partial charge in [-0.15, -0.1) is 0 Å². The average molecular weight is 86.0 g/mol. The van der Waals surface area contributed by atoms with Crippen molar-refractivity contribution in [2.75, 3.05) is 0 Å². The van der Waals surface area contributed by atoms with Gasteiger partial charge in [-0.1, -0.05) is 0 Å². The maximum Gasteiger partial charge on any atom is 0.339 e. The van der Waals surface area contributed by atoms with E-state index in [0.717, 1.165) is 12.7 Å². The highest BCUT2D eigenvalue weighted by molar-refractivity contribution is 4.21. The Morgan fingerprint density at radius 3 is 2.83 bits per heavy atom. The Bertz CT molecular complexity index is 113. The van der Waals surface area contributed by atoms with Crippen LogP contribution in [0.4, 0.5) is 0 Å². The number of aromatic nitrogens is 2. The van der Waals surface area contributed by atoms with Crippen molar-refractivity contribution in [1.82, 2.24) is 5.16 Å². The molecule has 4 heteroatoms. The van der Waals surface area contributed by atoms with Crippen LogP contribution in [0.2, 0.25) is 0 Å². The highest BCUT2D eigenvalue weighted by atomic mass is 16.5. The van der Waals surface area contributed by atoms with Crippen molar-refractivity contribution in [2.45, 2.75) is 0 Å². The first-order valence-corrected chi connectivity index (χ1v) is 1.38. The third-order valence-corrected chi connectivity index (χ3v) is 0.373. The molecule has 0 aromatic carbocycles. The van der Waals surface area contributed by atoms with E-state index in [9.17, 15) is 5.21 Å². The van der Waals surface area contributed by atoms with Crippen LogP contribution in [-0.4, -0.2) is 5.16 Å². The van der Waals surface area contributed by atoms with Gasteiger partial charge in [0.25, 0.3) is 0 Å². The molecule has 0 aliphatic heterocycles. The normalized spacial score (nSPS) is 8.67. The van der Waals surface area contributed by atoms with E-state index in [0.29, 0.717) is 4.73 Å². The second-order valence-corrected chi connectivity index (χ2v) is 0.792. The van der Waals surface area contributed by atoms with Gasteiger partial charge in [-0.2, -0.15) is 0 Å². The van der Waals surface area contributed by atoms with E-state index in [2.05, 4.69) is 9.68 Å². The Balaban J connectivity index is 3.05. The molecule has 0 aliphatic rings. The van der Waals surface area contributed by atoms with Crippen LogP contribution in [0.3, 0.4) is 0 Å². The number of hydrogen-bond donors (Lipinski definition) is 0. The highest BCUT2D eigenvalue weighted by Crippen LogP contribution is 1.60. The Labute approximate surface area is 33.6 Å². The lowest BCUT2D eigenvalue weighted by molar-refractivity contribution is -0.609. The average Bonchev–Trinajstić information content (AvgIpc) is 1.86. The van der Waals surface area contributed by atoms with Gasteiger partial charge in [-0.25, -0.2) is 9.25 Å². The summed E-state index contributed by atoms with van der Waals surface area (Å²) in [5.41, 5.74) is 0. The van der Waals surface area contributed by atoms with Gasteiger partial charge < -0.3 is 5.21 Å². The number of nitrogens with zero attached hydrogens (tertiary/aromatic N) is 2. The molecule has 0 atom stereocenters. The van der Waals surface area contributed by atoms with Crippen LogP contribution in [0.5, 0.6) is 0 Å². The lowest BCUT2D eigenvalue weighted by Crippen LogP contribution is -2.20. The Hall–Kier alpha value is -1.06. The van der Waals surface area contributed by atoms with Crippen molar-refractivity contribution in [3.8, 4) is 0 Å². The summed E-state index contributed by atoms with van der Waals surface area (Å²) in [7, 11) is 0. The largest absolute Gasteiger partial charge is 0.709 e. The fraction of sp³-hybridized carbons (Fsp3) is 0. The minimum atomic E-state index is 0.472. The SMILES string of the molecule is [O-][n+]1cnoc1. The number of hydrogen-bond acceptors (Lipinski definition) is 3. The van der Waals surface area contributed by atoms with Gasteiger partial charge in [0.05, 0.1) is 0 Å². The second-order valence-electron chi connectivity index (χ2n) is 0.792. The van der Waals surface area contributed by atoms with Gasteiger partial charge in [0.15, 0.2) is 5.16 Å². The molecule has 1 heterocycles. The molecule has 32 valence electrons. The van der Waals surface area contributed by atoms with E-state index in [1.165, 1.54) is 0 Å². The van der Waals surface area contributed by atoms with Crippen LogP contribution in [0, 0.1) is 5.21 Å². The zero-order chi connectivity index (χ0) is 4.41. The molecule has 0 fully saturated rings. The summed E-state index contributed by atoms with van der Waals surface area (Å²) in [6.45, 7) is 0. The fourth-order valence-electron chi connectivity index (χ4n) is 0.175. The molecule has 1 aromatic heterocycles. The van der Waals surface area contributed by atoms with Gasteiger partial charge in [-0.05, 0) is 0 Å². The Morgan fingerprint density at radius 2 is 2.67 bits per heavy atom. The first kappa shape index (κ1) is 3.14. The van der Waals surface area contributed by atoms with Crippen LogP contribution < -0.4 is 4.73 Å². The molecule has 1 rings (SSSR count). The van der Waals surface area contributed by atoms with Gasteiger partial charge in [0.2, 0.25) is 0 Å². The first-order chi connectivity index (χ1) is 2.89. The molecule has 1 aromatic rings. The standard InChI is InChI=1S/C2H2N2O2/c5-4-1-3-6-2-4/h1-2H. The van der Waals surface area contributed by atoms with Crippen LogP contribution in [0.25, 0.3) is 0 Å². The van der Waals surface area contributed by atoms with Gasteiger partial charge in [-0.3, -0.25) is 0 Å². The molecule has 0 amide bonds. The van der Waals surface area contributed by atoms with Gasteiger partial charge in [0, 0.05) is 0 Å². The predicted molar refractivity (Wildman–Crippen MR) is 15.5 cm³/mol. The zero-order valence-electron chi connectivity index (χ0n) is 2.87. The van der Waals surface area contributed by atoms with Crippen LogP contribution in [0.15, 0.2) is 17.2 Å². The molecular weight excluding hydrogens is 84.0 g/mol. The van der Waals surface area contributed by atoms with E-state index in [4.69, 9.17) is 0 Å². The third kappa shape index (κ3) is 0.314. The van der Waals surface area contributed by atoms with Gasteiger partial charge in [0.1, 0.15) is 0 Å². The summed E-state index contributed by atoms with van der Waals surface area (Å²) in [6, 6.07) is 0. The predicted octanol–water partition coefficient (Wildman–Crippen LogP) is -0.692. The molecule has 0 saturated carbocycles. The van der Waals surface area contributed by atoms with Gasteiger partial charge >= 0.3 is 12.7 Å². The van der Waals surface area contributed by atoms with Crippen LogP contribution >= 0.6 is 0 Å². The van der Waals surface area contributed by atoms with Crippen molar-refractivity contribution < 1.29 is 9.25 Å². The minimum absolute atomic E-state index is 0.472. The molecule has 0 bridgehead atoms. The summed E-state index contributed by atoms with van der Waals surface area (Å²) in [5, 5.41) is 12.9. The molecular formula is C2H2N2O2. The molecule has 0 unspecified atom stereocenters. The molecule has 0 saturated heterocycles. The molecule has 6 heavy (non-hydrogen) atoms. The summed E-state index contributed by atoms with van der Waals surface area (Å²) >= 11 is 0. The van der Waals surface area contributed by atoms with Crippen molar-refractivity contribution >= 4 is 0 Å². The third-order valence-electron chi connectivity index (χ3n) is 0.373. The van der Waals surface area contributed by atoms with E-state index in [-0.39, 0.29) is 0 Å². The topological polar surface area (TPSA) is 53.0 Å². The lowest BCUT2D eigenvalue weighted by Gasteiger charge is -1.82. The van der Waals surface area contributed by atoms with Crippen molar-refractivity contribution in [3.05, 3.63) is 17.9 Å². The maximum absolute atomic E-state index is 9.83. The molecule has 0 radical (unpaired) electrons. The molecule has 0 N–H and O–H groups in total. The van der Waals surface area contributed by atoms with Crippen LogP contribution in [0.1, 0.15) is 0 Å². The van der Waals surface area contributed by atoms with Crippen molar-refractivity contribution in [1.29, 1.82) is 0 Å². The smallest absolute Gasteiger partial charge is 0.339 e. The lowest BCUT2D eigenvalue weighted by atomic mass is 11.3. The second kappa shape index (κ2) is 0.965. The maximum atomic E-state index is 9.83. The number of rotatable bonds is 0. The molecule has 0 aliphatic carbocycles. The highest BCUT2D eigenvalue weighted by Gasteiger charge is 1.81. The summed E-state index contributed by atoms with van der Waals surface area (Å²) in [4.78, 5) is 0. The minimum Gasteiger partial charge on any atom is -0.709 e.